The van der Waals surface area contributed by atoms with Crippen LogP contribution in [0.3, 0.4) is 0 Å². The summed E-state index contributed by atoms with van der Waals surface area (Å²) in [7, 11) is 0. The maximum absolute atomic E-state index is 11.8. The molecule has 0 atom stereocenters. The molecule has 134 valence electrons. The van der Waals surface area contributed by atoms with Gasteiger partial charge in [-0.05, 0) is 35.2 Å². The molecule has 1 N–H and O–H groups in total. The smallest absolute Gasteiger partial charge is 0.225 e. The van der Waals surface area contributed by atoms with Crippen molar-refractivity contribution < 1.29 is 9.53 Å². The van der Waals surface area contributed by atoms with Crippen LogP contribution in [0, 0.1) is 5.41 Å². The molecule has 4 heteroatoms. The molecule has 0 heterocycles. The van der Waals surface area contributed by atoms with Crippen LogP contribution in [0.1, 0.15) is 37.5 Å². The topological polar surface area (TPSA) is 38.3 Å². The number of carbonyl (C=O) groups is 1. The van der Waals surface area contributed by atoms with Gasteiger partial charge < -0.3 is 10.1 Å². The molecule has 0 spiro atoms. The summed E-state index contributed by atoms with van der Waals surface area (Å²) in [5.41, 5.74) is 3.02. The summed E-state index contributed by atoms with van der Waals surface area (Å²) in [5, 5.41) is 2.96. The maximum atomic E-state index is 11.8. The zero-order chi connectivity index (χ0) is 18.3. The van der Waals surface area contributed by atoms with E-state index in [1.165, 1.54) is 5.56 Å². The van der Waals surface area contributed by atoms with E-state index in [9.17, 15) is 4.79 Å². The molecule has 0 bridgehead atoms. The van der Waals surface area contributed by atoms with E-state index in [4.69, 9.17) is 16.3 Å². The van der Waals surface area contributed by atoms with Gasteiger partial charge in [-0.15, -0.1) is 11.6 Å². The van der Waals surface area contributed by atoms with Crippen LogP contribution in [0.5, 0.6) is 5.75 Å². The van der Waals surface area contributed by atoms with E-state index < -0.39 is 0 Å². The fraction of sp³-hybridized carbons (Fsp3) is 0.381. The van der Waals surface area contributed by atoms with Crippen molar-refractivity contribution in [3.63, 3.8) is 0 Å². The van der Waals surface area contributed by atoms with Crippen LogP contribution in [-0.2, 0) is 23.7 Å². The van der Waals surface area contributed by atoms with Gasteiger partial charge in [0.15, 0.2) is 0 Å². The summed E-state index contributed by atoms with van der Waals surface area (Å²) in [5.74, 6) is 1.42. The van der Waals surface area contributed by atoms with Crippen molar-refractivity contribution in [1.82, 2.24) is 5.32 Å². The third-order valence-electron chi connectivity index (χ3n) is 3.85. The quantitative estimate of drug-likeness (QED) is 0.727. The number of carbonyl (C=O) groups excluding carboxylic acids is 1. The zero-order valence-electron chi connectivity index (χ0n) is 15.1. The summed E-state index contributed by atoms with van der Waals surface area (Å²) >= 11 is 5.85. The summed E-state index contributed by atoms with van der Waals surface area (Å²) in [6.07, 6.45) is 0.805. The lowest BCUT2D eigenvalue weighted by molar-refractivity contribution is -0.128. The number of benzene rings is 2. The average molecular weight is 360 g/mol. The highest BCUT2D eigenvalue weighted by atomic mass is 35.5. The van der Waals surface area contributed by atoms with E-state index in [1.807, 2.05) is 63.2 Å². The van der Waals surface area contributed by atoms with Crippen molar-refractivity contribution in [1.29, 1.82) is 0 Å². The first-order valence-corrected chi connectivity index (χ1v) is 9.06. The highest BCUT2D eigenvalue weighted by Gasteiger charge is 2.20. The van der Waals surface area contributed by atoms with E-state index in [0.717, 1.165) is 23.3 Å². The molecule has 2 aromatic carbocycles. The van der Waals surface area contributed by atoms with E-state index in [-0.39, 0.29) is 11.3 Å². The van der Waals surface area contributed by atoms with Gasteiger partial charge in [0.2, 0.25) is 5.91 Å². The van der Waals surface area contributed by atoms with Crippen molar-refractivity contribution in [3.05, 3.63) is 65.2 Å². The van der Waals surface area contributed by atoms with Gasteiger partial charge in [-0.1, -0.05) is 57.2 Å². The number of hydrogen-bond acceptors (Lipinski definition) is 2. The van der Waals surface area contributed by atoms with Crippen LogP contribution < -0.4 is 10.1 Å². The largest absolute Gasteiger partial charge is 0.489 e. The molecule has 3 nitrogen and oxygen atoms in total. The summed E-state index contributed by atoms with van der Waals surface area (Å²) in [6, 6.07) is 16.1. The van der Waals surface area contributed by atoms with Gasteiger partial charge in [-0.2, -0.15) is 0 Å². The van der Waals surface area contributed by atoms with Crippen LogP contribution in [0.15, 0.2) is 48.5 Å². The molecule has 0 saturated carbocycles. The molecule has 2 aromatic rings. The van der Waals surface area contributed by atoms with E-state index in [1.54, 1.807) is 0 Å². The monoisotopic (exact) mass is 359 g/mol. The second-order valence-corrected chi connectivity index (χ2v) is 7.41. The number of halogens is 1. The number of hydrogen-bond donors (Lipinski definition) is 1. The van der Waals surface area contributed by atoms with Crippen molar-refractivity contribution in [2.45, 2.75) is 39.7 Å². The van der Waals surface area contributed by atoms with Gasteiger partial charge in [0.05, 0.1) is 0 Å². The fourth-order valence-electron chi connectivity index (χ4n) is 2.31. The Morgan fingerprint density at radius 1 is 1.04 bits per heavy atom. The number of nitrogens with one attached hydrogen (secondary N) is 1. The number of amides is 1. The minimum Gasteiger partial charge on any atom is -0.489 e. The molecule has 0 aliphatic rings. The minimum atomic E-state index is -0.349. The third kappa shape index (κ3) is 6.43. The molecule has 0 radical (unpaired) electrons. The summed E-state index contributed by atoms with van der Waals surface area (Å²) in [4.78, 5) is 11.8. The Kier molecular flexibility index (Phi) is 6.89. The molecule has 0 aliphatic carbocycles. The first kappa shape index (κ1) is 19.3. The molecular weight excluding hydrogens is 334 g/mol. The van der Waals surface area contributed by atoms with E-state index in [2.05, 4.69) is 11.4 Å². The van der Waals surface area contributed by atoms with Gasteiger partial charge in [-0.3, -0.25) is 4.79 Å². The fourth-order valence-corrected chi connectivity index (χ4v) is 2.47. The predicted molar refractivity (Wildman–Crippen MR) is 103 cm³/mol. The Labute approximate surface area is 155 Å². The van der Waals surface area contributed by atoms with Crippen molar-refractivity contribution in [2.24, 2.45) is 5.41 Å². The molecule has 0 aromatic heterocycles. The van der Waals surface area contributed by atoms with Gasteiger partial charge >= 0.3 is 0 Å². The van der Waals surface area contributed by atoms with E-state index >= 15 is 0 Å². The van der Waals surface area contributed by atoms with Crippen LogP contribution in [0.4, 0.5) is 0 Å². The summed E-state index contributed by atoms with van der Waals surface area (Å²) < 4.78 is 5.82. The van der Waals surface area contributed by atoms with Crippen molar-refractivity contribution >= 4 is 17.5 Å². The first-order valence-electron chi connectivity index (χ1n) is 8.52. The standard InChI is InChI=1S/C21H26ClNO2/c1-21(2,3)20(24)23-12-11-16-7-9-19(10-8-16)25-15-18-6-4-5-17(13-18)14-22/h4-10,13H,11-12,14-15H2,1-3H3,(H,23,24). The average Bonchev–Trinajstić information content (AvgIpc) is 2.60. The molecule has 25 heavy (non-hydrogen) atoms. The lowest BCUT2D eigenvalue weighted by Crippen LogP contribution is -2.35. The second kappa shape index (κ2) is 8.91. The normalized spacial score (nSPS) is 11.2. The third-order valence-corrected chi connectivity index (χ3v) is 4.16. The molecular formula is C21H26ClNO2. The van der Waals surface area contributed by atoms with Crippen LogP contribution in [0.25, 0.3) is 0 Å². The highest BCUT2D eigenvalue weighted by Crippen LogP contribution is 2.16. The number of ether oxygens (including phenoxy) is 1. The molecule has 0 saturated heterocycles. The zero-order valence-corrected chi connectivity index (χ0v) is 15.9. The Morgan fingerprint density at radius 3 is 2.36 bits per heavy atom. The van der Waals surface area contributed by atoms with Gasteiger partial charge in [0.1, 0.15) is 12.4 Å². The summed E-state index contributed by atoms with van der Waals surface area (Å²) in [6.45, 7) is 6.90. The Balaban J connectivity index is 1.80. The van der Waals surface area contributed by atoms with Crippen molar-refractivity contribution in [3.8, 4) is 5.75 Å². The van der Waals surface area contributed by atoms with Crippen molar-refractivity contribution in [2.75, 3.05) is 6.54 Å². The maximum Gasteiger partial charge on any atom is 0.225 e. The molecule has 1 amide bonds. The number of alkyl halides is 1. The molecule has 2 rings (SSSR count). The Morgan fingerprint density at radius 2 is 1.72 bits per heavy atom. The minimum absolute atomic E-state index is 0.0756. The molecule has 0 unspecified atom stereocenters. The second-order valence-electron chi connectivity index (χ2n) is 7.14. The lowest BCUT2D eigenvalue weighted by atomic mass is 9.95. The Hall–Kier alpha value is -2.00. The van der Waals surface area contributed by atoms with Gasteiger partial charge in [0, 0.05) is 17.8 Å². The predicted octanol–water partition coefficient (Wildman–Crippen LogP) is 4.71. The number of rotatable bonds is 7. The lowest BCUT2D eigenvalue weighted by Gasteiger charge is -2.17. The van der Waals surface area contributed by atoms with Crippen LogP contribution >= 0.6 is 11.6 Å². The van der Waals surface area contributed by atoms with Gasteiger partial charge in [0.25, 0.3) is 0 Å². The molecule has 0 aliphatic heterocycles. The SMILES string of the molecule is CC(C)(C)C(=O)NCCc1ccc(OCc2cccc(CCl)c2)cc1. The van der Waals surface area contributed by atoms with E-state index in [0.29, 0.717) is 19.0 Å². The van der Waals surface area contributed by atoms with Gasteiger partial charge in [-0.25, -0.2) is 0 Å². The van der Waals surface area contributed by atoms with Crippen LogP contribution in [0.2, 0.25) is 0 Å². The molecule has 0 fully saturated rings. The van der Waals surface area contributed by atoms with Crippen LogP contribution in [-0.4, -0.2) is 12.5 Å². The Bertz CT molecular complexity index is 690. The first-order chi connectivity index (χ1) is 11.9. The highest BCUT2D eigenvalue weighted by molar-refractivity contribution is 6.17.